The van der Waals surface area contributed by atoms with E-state index in [1.807, 2.05) is 12.1 Å². The summed E-state index contributed by atoms with van der Waals surface area (Å²) >= 11 is 6.15. The molecule has 1 fully saturated rings. The quantitative estimate of drug-likeness (QED) is 0.847. The molecule has 0 amide bonds. The molecule has 1 nitrogen and oxygen atoms in total. The van der Waals surface area contributed by atoms with Crippen LogP contribution in [0.1, 0.15) is 38.7 Å². The van der Waals surface area contributed by atoms with Crippen LogP contribution in [-0.2, 0) is 6.54 Å². The Morgan fingerprint density at radius 1 is 1.18 bits per heavy atom. The fourth-order valence-electron chi connectivity index (χ4n) is 2.63. The third-order valence-electron chi connectivity index (χ3n) is 4.14. The largest absolute Gasteiger partial charge is 0.310 e. The molecule has 0 saturated heterocycles. The van der Waals surface area contributed by atoms with Gasteiger partial charge in [0.1, 0.15) is 0 Å². The second kappa shape index (κ2) is 5.88. The van der Waals surface area contributed by atoms with E-state index in [-0.39, 0.29) is 0 Å². The van der Waals surface area contributed by atoms with Crippen molar-refractivity contribution in [3.05, 3.63) is 34.9 Å². The molecular formula is C15H22ClN. The molecule has 1 aliphatic rings. The molecule has 1 saturated carbocycles. The second-order valence-electron chi connectivity index (χ2n) is 5.44. The minimum absolute atomic E-state index is 0.664. The predicted octanol–water partition coefficient (Wildman–Crippen LogP) is 4.25. The average Bonchev–Trinajstić information content (AvgIpc) is 2.32. The zero-order valence-electron chi connectivity index (χ0n) is 10.7. The van der Waals surface area contributed by atoms with Gasteiger partial charge in [-0.05, 0) is 42.7 Å². The average molecular weight is 252 g/mol. The minimum Gasteiger partial charge on any atom is -0.310 e. The lowest BCUT2D eigenvalue weighted by atomic mass is 9.79. The van der Waals surface area contributed by atoms with E-state index in [0.717, 1.165) is 23.4 Å². The Balaban J connectivity index is 1.85. The number of nitrogens with one attached hydrogen (secondary N) is 1. The fourth-order valence-corrected chi connectivity index (χ4v) is 2.83. The number of halogens is 1. The van der Waals surface area contributed by atoms with Gasteiger partial charge in [0.25, 0.3) is 0 Å². The first-order valence-corrected chi connectivity index (χ1v) is 7.01. The minimum atomic E-state index is 0.664. The van der Waals surface area contributed by atoms with Crippen LogP contribution in [0.4, 0.5) is 0 Å². The Hall–Kier alpha value is -0.530. The number of benzene rings is 1. The van der Waals surface area contributed by atoms with Crippen molar-refractivity contribution in [1.82, 2.24) is 5.32 Å². The van der Waals surface area contributed by atoms with Crippen molar-refractivity contribution in [2.45, 2.75) is 45.7 Å². The van der Waals surface area contributed by atoms with E-state index >= 15 is 0 Å². The Morgan fingerprint density at radius 3 is 2.65 bits per heavy atom. The summed E-state index contributed by atoms with van der Waals surface area (Å²) in [7, 11) is 0. The van der Waals surface area contributed by atoms with Crippen LogP contribution in [0.5, 0.6) is 0 Å². The Bertz CT molecular complexity index is 364. The van der Waals surface area contributed by atoms with Crippen molar-refractivity contribution in [2.24, 2.45) is 11.8 Å². The standard InChI is InChI=1S/C15H22ClN/c1-11-7-8-14(9-12(11)2)17-10-13-5-3-4-6-15(13)16/h3-6,11-12,14,17H,7-10H2,1-2H3. The van der Waals surface area contributed by atoms with E-state index in [1.54, 1.807) is 0 Å². The summed E-state index contributed by atoms with van der Waals surface area (Å²) < 4.78 is 0. The number of hydrogen-bond donors (Lipinski definition) is 1. The zero-order valence-corrected chi connectivity index (χ0v) is 11.5. The van der Waals surface area contributed by atoms with Crippen LogP contribution in [0.25, 0.3) is 0 Å². The molecule has 0 radical (unpaired) electrons. The molecule has 1 aromatic rings. The highest BCUT2D eigenvalue weighted by molar-refractivity contribution is 6.31. The van der Waals surface area contributed by atoms with Gasteiger partial charge in [-0.3, -0.25) is 0 Å². The van der Waals surface area contributed by atoms with Crippen molar-refractivity contribution >= 4 is 11.6 Å². The molecule has 1 aliphatic carbocycles. The fraction of sp³-hybridized carbons (Fsp3) is 0.600. The van der Waals surface area contributed by atoms with Crippen molar-refractivity contribution in [1.29, 1.82) is 0 Å². The van der Waals surface area contributed by atoms with Gasteiger partial charge in [0, 0.05) is 17.6 Å². The molecule has 1 aromatic carbocycles. The lowest BCUT2D eigenvalue weighted by Gasteiger charge is -2.32. The highest BCUT2D eigenvalue weighted by atomic mass is 35.5. The maximum Gasteiger partial charge on any atom is 0.0450 e. The van der Waals surface area contributed by atoms with Crippen LogP contribution in [0, 0.1) is 11.8 Å². The Labute approximate surface area is 110 Å². The van der Waals surface area contributed by atoms with Crippen LogP contribution >= 0.6 is 11.6 Å². The summed E-state index contributed by atoms with van der Waals surface area (Å²) in [4.78, 5) is 0. The van der Waals surface area contributed by atoms with Gasteiger partial charge < -0.3 is 5.32 Å². The topological polar surface area (TPSA) is 12.0 Å². The maximum atomic E-state index is 6.15. The van der Waals surface area contributed by atoms with Crippen LogP contribution < -0.4 is 5.32 Å². The monoisotopic (exact) mass is 251 g/mol. The van der Waals surface area contributed by atoms with E-state index in [9.17, 15) is 0 Å². The molecule has 0 aromatic heterocycles. The van der Waals surface area contributed by atoms with Gasteiger partial charge in [0.15, 0.2) is 0 Å². The summed E-state index contributed by atoms with van der Waals surface area (Å²) in [6, 6.07) is 8.76. The summed E-state index contributed by atoms with van der Waals surface area (Å²) in [6.45, 7) is 5.63. The van der Waals surface area contributed by atoms with E-state index in [0.29, 0.717) is 6.04 Å². The Kier molecular flexibility index (Phi) is 4.47. The van der Waals surface area contributed by atoms with Gasteiger partial charge in [-0.15, -0.1) is 0 Å². The van der Waals surface area contributed by atoms with E-state index in [1.165, 1.54) is 24.8 Å². The van der Waals surface area contributed by atoms with Crippen molar-refractivity contribution in [3.8, 4) is 0 Å². The van der Waals surface area contributed by atoms with E-state index in [2.05, 4.69) is 31.3 Å². The molecule has 3 unspecified atom stereocenters. The number of hydrogen-bond acceptors (Lipinski definition) is 1. The van der Waals surface area contributed by atoms with Crippen molar-refractivity contribution in [2.75, 3.05) is 0 Å². The first kappa shape index (κ1) is 12.9. The molecule has 94 valence electrons. The first-order chi connectivity index (χ1) is 8.16. The van der Waals surface area contributed by atoms with Gasteiger partial charge in [-0.25, -0.2) is 0 Å². The molecular weight excluding hydrogens is 230 g/mol. The second-order valence-corrected chi connectivity index (χ2v) is 5.84. The third-order valence-corrected chi connectivity index (χ3v) is 4.51. The third kappa shape index (κ3) is 3.46. The smallest absolute Gasteiger partial charge is 0.0450 e. The summed E-state index contributed by atoms with van der Waals surface area (Å²) in [5.41, 5.74) is 1.21. The molecule has 2 rings (SSSR count). The Morgan fingerprint density at radius 2 is 1.94 bits per heavy atom. The SMILES string of the molecule is CC1CCC(NCc2ccccc2Cl)CC1C. The molecule has 3 atom stereocenters. The van der Waals surface area contributed by atoms with Crippen LogP contribution in [-0.4, -0.2) is 6.04 Å². The first-order valence-electron chi connectivity index (χ1n) is 6.63. The molecule has 0 aliphatic heterocycles. The molecule has 2 heteroatoms. The van der Waals surface area contributed by atoms with Gasteiger partial charge in [0.05, 0.1) is 0 Å². The van der Waals surface area contributed by atoms with Gasteiger partial charge >= 0.3 is 0 Å². The summed E-state index contributed by atoms with van der Waals surface area (Å²) in [5.74, 6) is 1.72. The maximum absolute atomic E-state index is 6.15. The molecule has 0 spiro atoms. The molecule has 17 heavy (non-hydrogen) atoms. The molecule has 0 bridgehead atoms. The lowest BCUT2D eigenvalue weighted by molar-refractivity contribution is 0.225. The van der Waals surface area contributed by atoms with Crippen LogP contribution in [0.2, 0.25) is 5.02 Å². The zero-order chi connectivity index (χ0) is 12.3. The van der Waals surface area contributed by atoms with Gasteiger partial charge in [-0.1, -0.05) is 43.6 Å². The van der Waals surface area contributed by atoms with Gasteiger partial charge in [-0.2, -0.15) is 0 Å². The van der Waals surface area contributed by atoms with E-state index in [4.69, 9.17) is 11.6 Å². The highest BCUT2D eigenvalue weighted by Crippen LogP contribution is 2.29. The van der Waals surface area contributed by atoms with Crippen LogP contribution in [0.15, 0.2) is 24.3 Å². The van der Waals surface area contributed by atoms with Crippen molar-refractivity contribution < 1.29 is 0 Å². The highest BCUT2D eigenvalue weighted by Gasteiger charge is 2.23. The lowest BCUT2D eigenvalue weighted by Crippen LogP contribution is -2.35. The number of rotatable bonds is 3. The molecule has 1 N–H and O–H groups in total. The molecule has 0 heterocycles. The normalized spacial score (nSPS) is 29.2. The summed E-state index contributed by atoms with van der Waals surface area (Å²) in [5, 5.41) is 4.52. The summed E-state index contributed by atoms with van der Waals surface area (Å²) in [6.07, 6.45) is 3.95. The van der Waals surface area contributed by atoms with Crippen LogP contribution in [0.3, 0.4) is 0 Å². The van der Waals surface area contributed by atoms with Gasteiger partial charge in [0.2, 0.25) is 0 Å². The van der Waals surface area contributed by atoms with E-state index < -0.39 is 0 Å². The predicted molar refractivity (Wildman–Crippen MR) is 74.3 cm³/mol. The van der Waals surface area contributed by atoms with Crippen molar-refractivity contribution in [3.63, 3.8) is 0 Å².